The van der Waals surface area contributed by atoms with Crippen LogP contribution in [0.25, 0.3) is 109 Å². The summed E-state index contributed by atoms with van der Waals surface area (Å²) >= 11 is 0. The van der Waals surface area contributed by atoms with Gasteiger partial charge in [0.1, 0.15) is 0 Å². The Morgan fingerprint density at radius 3 is 0.910 bits per heavy atom. The van der Waals surface area contributed by atoms with Gasteiger partial charge in [-0.05, 0) is 142 Å². The summed E-state index contributed by atoms with van der Waals surface area (Å²) in [4.78, 5) is 4.89. The minimum Gasteiger partial charge on any atom is -0.309 e. The predicted molar refractivity (Wildman–Crippen MR) is 335 cm³/mol. The number of hydrogen-bond donors (Lipinski definition) is 0. The molecule has 0 saturated heterocycles. The minimum absolute atomic E-state index is 1.09. The van der Waals surface area contributed by atoms with Crippen LogP contribution in [0.3, 0.4) is 0 Å². The Labute approximate surface area is 453 Å². The van der Waals surface area contributed by atoms with Crippen LogP contribution in [0.5, 0.6) is 0 Å². The van der Waals surface area contributed by atoms with Crippen LogP contribution in [0.1, 0.15) is 0 Å². The van der Waals surface area contributed by atoms with Gasteiger partial charge in [0.25, 0.3) is 0 Å². The van der Waals surface area contributed by atoms with Crippen molar-refractivity contribution >= 4 is 110 Å². The second-order valence-corrected chi connectivity index (χ2v) is 20.3. The van der Waals surface area contributed by atoms with Crippen LogP contribution in [0.2, 0.25) is 0 Å². The molecule has 78 heavy (non-hydrogen) atoms. The van der Waals surface area contributed by atoms with Gasteiger partial charge in [0.2, 0.25) is 0 Å². The zero-order chi connectivity index (χ0) is 51.5. The molecule has 0 fully saturated rings. The first-order valence-electron chi connectivity index (χ1n) is 26.9. The monoisotopic (exact) mass is 990 g/mol. The van der Waals surface area contributed by atoms with Gasteiger partial charge < -0.3 is 9.80 Å². The minimum atomic E-state index is 1.09. The highest BCUT2D eigenvalue weighted by atomic mass is 15.2. The highest BCUT2D eigenvalue weighted by Crippen LogP contribution is 2.51. The van der Waals surface area contributed by atoms with Crippen molar-refractivity contribution in [1.82, 2.24) is 0 Å². The second kappa shape index (κ2) is 18.8. The lowest BCUT2D eigenvalue weighted by Gasteiger charge is -2.29. The molecule has 0 atom stereocenters. The van der Waals surface area contributed by atoms with Crippen molar-refractivity contribution in [1.29, 1.82) is 0 Å². The molecule has 0 spiro atoms. The zero-order valence-electron chi connectivity index (χ0n) is 42.8. The Morgan fingerprint density at radius 1 is 0.192 bits per heavy atom. The van der Waals surface area contributed by atoms with E-state index in [1.807, 2.05) is 0 Å². The molecule has 0 bridgehead atoms. The van der Waals surface area contributed by atoms with Crippen molar-refractivity contribution in [3.8, 4) is 33.4 Å². The molecule has 15 aromatic rings. The maximum Gasteiger partial charge on any atom is 0.0540 e. The van der Waals surface area contributed by atoms with E-state index in [0.717, 1.165) is 45.3 Å². The van der Waals surface area contributed by atoms with E-state index in [4.69, 9.17) is 0 Å². The molecule has 0 aliphatic carbocycles. The average Bonchev–Trinajstić information content (AvgIpc) is 3.64. The molecule has 0 aromatic heterocycles. The molecule has 15 rings (SSSR count). The van der Waals surface area contributed by atoms with Gasteiger partial charge in [-0.15, -0.1) is 0 Å². The molecule has 0 aliphatic heterocycles. The fraction of sp³-hybridized carbons (Fsp3) is 0. The first-order valence-corrected chi connectivity index (χ1v) is 26.9. The third-order valence-corrected chi connectivity index (χ3v) is 16.0. The second-order valence-electron chi connectivity index (χ2n) is 20.3. The lowest BCUT2D eigenvalue weighted by Crippen LogP contribution is -2.11. The fourth-order valence-electron chi connectivity index (χ4n) is 12.5. The average molecular weight is 991 g/mol. The molecular weight excluding hydrogens is 941 g/mol. The summed E-state index contributed by atoms with van der Waals surface area (Å²) in [6.07, 6.45) is 0. The van der Waals surface area contributed by atoms with E-state index in [9.17, 15) is 0 Å². The van der Waals surface area contributed by atoms with E-state index in [1.54, 1.807) is 0 Å². The smallest absolute Gasteiger partial charge is 0.0540 e. The Balaban J connectivity index is 0.969. The normalized spacial score (nSPS) is 11.6. The zero-order valence-corrected chi connectivity index (χ0v) is 42.8. The van der Waals surface area contributed by atoms with Crippen molar-refractivity contribution in [2.45, 2.75) is 0 Å². The Kier molecular flexibility index (Phi) is 10.9. The molecule has 15 aromatic carbocycles. The Hall–Kier alpha value is -10.3. The number of nitrogens with zero attached hydrogens (tertiary/aromatic N) is 2. The third-order valence-electron chi connectivity index (χ3n) is 16.0. The van der Waals surface area contributed by atoms with Gasteiger partial charge >= 0.3 is 0 Å². The molecule has 2 heteroatoms. The standard InChI is InChI=1S/C76H50N2/c1-2-20-55(21-3-1)68-50-69(56-42-46-58(47-43-56)77(70-38-16-26-51-22-4-8-30-60(51)70)71-39-17-27-52-23-5-9-31-61(52)71)75-66-36-14-12-34-64(66)65-35-13-15-37-67(65)76(75)74(68)57-44-48-59(49-45-57)78(72-40-18-28-53-24-6-10-32-62(53)72)73-41-19-29-54-25-7-11-33-63(54)73/h1-50H. The predicted octanol–water partition coefficient (Wildman–Crippen LogP) is 21.7. The van der Waals surface area contributed by atoms with Crippen LogP contribution in [0.4, 0.5) is 34.1 Å². The van der Waals surface area contributed by atoms with E-state index < -0.39 is 0 Å². The Bertz CT molecular complexity index is 4610. The highest BCUT2D eigenvalue weighted by Gasteiger charge is 2.24. The molecule has 0 N–H and O–H groups in total. The number of rotatable bonds is 9. The van der Waals surface area contributed by atoms with Gasteiger partial charge in [-0.2, -0.15) is 0 Å². The summed E-state index contributed by atoms with van der Waals surface area (Å²) < 4.78 is 0. The van der Waals surface area contributed by atoms with Crippen molar-refractivity contribution in [3.63, 3.8) is 0 Å². The van der Waals surface area contributed by atoms with E-state index in [2.05, 4.69) is 313 Å². The van der Waals surface area contributed by atoms with Crippen LogP contribution < -0.4 is 9.80 Å². The summed E-state index contributed by atoms with van der Waals surface area (Å²) in [7, 11) is 0. The molecule has 0 heterocycles. The van der Waals surface area contributed by atoms with E-state index in [-0.39, 0.29) is 0 Å². The third kappa shape index (κ3) is 7.49. The van der Waals surface area contributed by atoms with Crippen LogP contribution >= 0.6 is 0 Å². The molecular formula is C76H50N2. The topological polar surface area (TPSA) is 6.48 Å². The van der Waals surface area contributed by atoms with Crippen molar-refractivity contribution in [2.24, 2.45) is 0 Å². The van der Waals surface area contributed by atoms with Crippen LogP contribution in [-0.2, 0) is 0 Å². The maximum atomic E-state index is 2.48. The first-order chi connectivity index (χ1) is 38.7. The fourth-order valence-corrected chi connectivity index (χ4v) is 12.5. The maximum absolute atomic E-state index is 2.48. The summed E-state index contributed by atoms with van der Waals surface area (Å²) in [5, 5.41) is 17.0. The number of anilines is 6. The van der Waals surface area contributed by atoms with Gasteiger partial charge in [0.15, 0.2) is 0 Å². The van der Waals surface area contributed by atoms with Crippen molar-refractivity contribution < 1.29 is 0 Å². The van der Waals surface area contributed by atoms with Gasteiger partial charge in [-0.3, -0.25) is 0 Å². The quantitative estimate of drug-likeness (QED) is 0.133. The van der Waals surface area contributed by atoms with E-state index in [1.165, 1.54) is 97.7 Å². The summed E-state index contributed by atoms with van der Waals surface area (Å²) in [5.41, 5.74) is 13.8. The summed E-state index contributed by atoms with van der Waals surface area (Å²) in [5.74, 6) is 0. The number of fused-ring (bicyclic) bond motifs is 10. The SMILES string of the molecule is c1ccc(-c2cc(-c3ccc(N(c4cccc5ccccc45)c4cccc5ccccc45)cc3)c3c4ccccc4c4ccccc4c3c2-c2ccc(N(c3cccc4ccccc34)c3cccc4ccccc34)cc2)cc1. The Morgan fingerprint density at radius 2 is 0.500 bits per heavy atom. The molecule has 364 valence electrons. The van der Waals surface area contributed by atoms with Gasteiger partial charge in [0, 0.05) is 32.9 Å². The van der Waals surface area contributed by atoms with Crippen LogP contribution in [0, 0.1) is 0 Å². The number of benzene rings is 15. The molecule has 0 amide bonds. The molecule has 0 radical (unpaired) electrons. The number of hydrogen-bond acceptors (Lipinski definition) is 2. The van der Waals surface area contributed by atoms with Gasteiger partial charge in [-0.1, -0.05) is 249 Å². The lowest BCUT2D eigenvalue weighted by molar-refractivity contribution is 1.31. The van der Waals surface area contributed by atoms with Gasteiger partial charge in [0.05, 0.1) is 22.7 Å². The molecule has 2 nitrogen and oxygen atoms in total. The van der Waals surface area contributed by atoms with E-state index in [0.29, 0.717) is 0 Å². The lowest BCUT2D eigenvalue weighted by atomic mass is 9.81. The summed E-state index contributed by atoms with van der Waals surface area (Å²) in [6.45, 7) is 0. The van der Waals surface area contributed by atoms with E-state index >= 15 is 0 Å². The summed E-state index contributed by atoms with van der Waals surface area (Å²) in [6, 6.07) is 112. The first kappa shape index (κ1) is 45.1. The van der Waals surface area contributed by atoms with Crippen molar-refractivity contribution in [2.75, 3.05) is 9.80 Å². The van der Waals surface area contributed by atoms with Gasteiger partial charge in [-0.25, -0.2) is 0 Å². The highest BCUT2D eigenvalue weighted by molar-refractivity contribution is 6.33. The van der Waals surface area contributed by atoms with Crippen molar-refractivity contribution in [3.05, 3.63) is 303 Å². The molecule has 0 unspecified atom stereocenters. The largest absolute Gasteiger partial charge is 0.309 e. The molecule has 0 saturated carbocycles. The molecule has 0 aliphatic rings. The van der Waals surface area contributed by atoms with Crippen LogP contribution in [-0.4, -0.2) is 0 Å². The van der Waals surface area contributed by atoms with Crippen LogP contribution in [0.15, 0.2) is 303 Å².